The van der Waals surface area contributed by atoms with E-state index in [4.69, 9.17) is 16.2 Å². The van der Waals surface area contributed by atoms with Crippen molar-refractivity contribution in [2.45, 2.75) is 74.7 Å². The number of hydrogen-bond donors (Lipinski definition) is 4. The summed E-state index contributed by atoms with van der Waals surface area (Å²) in [6.45, 7) is 3.51. The fourth-order valence-corrected chi connectivity index (χ4v) is 5.64. The number of nitrogens with zero attached hydrogens (tertiary/aromatic N) is 1. The molecule has 7 nitrogen and oxygen atoms in total. The molecule has 2 aromatic rings. The van der Waals surface area contributed by atoms with Crippen molar-refractivity contribution in [1.29, 1.82) is 0 Å². The molecule has 1 amide bonds. The van der Waals surface area contributed by atoms with E-state index in [0.717, 1.165) is 19.3 Å². The minimum Gasteiger partial charge on any atom is -0.440 e. The molecule has 4 atom stereocenters. The molecule has 0 saturated carbocycles. The first kappa shape index (κ1) is 21.4. The molecular formula is C25H33N5O2. The zero-order valence-electron chi connectivity index (χ0n) is 18.7. The van der Waals surface area contributed by atoms with Gasteiger partial charge in [-0.1, -0.05) is 60.7 Å². The van der Waals surface area contributed by atoms with E-state index in [2.05, 4.69) is 59.2 Å². The summed E-state index contributed by atoms with van der Waals surface area (Å²) in [5, 5.41) is 7.85. The molecule has 3 aliphatic rings. The van der Waals surface area contributed by atoms with Crippen LogP contribution in [0.25, 0.3) is 0 Å². The molecule has 0 radical (unpaired) electrons. The molecule has 3 fully saturated rings. The average molecular weight is 436 g/mol. The van der Waals surface area contributed by atoms with Crippen LogP contribution in [0.4, 0.5) is 4.79 Å². The van der Waals surface area contributed by atoms with Gasteiger partial charge in [-0.05, 0) is 37.8 Å². The Morgan fingerprint density at radius 1 is 1.00 bits per heavy atom. The molecule has 2 bridgehead atoms. The topological polar surface area (TPSA) is 106 Å². The third-order valence-corrected chi connectivity index (χ3v) is 7.47. The summed E-state index contributed by atoms with van der Waals surface area (Å²) in [7, 11) is 0. The number of benzene rings is 2. The molecule has 5 rings (SSSR count). The monoisotopic (exact) mass is 435 g/mol. The Morgan fingerprint density at radius 2 is 1.53 bits per heavy atom. The highest BCUT2D eigenvalue weighted by Crippen LogP contribution is 2.50. The summed E-state index contributed by atoms with van der Waals surface area (Å²) in [4.78, 5) is 15.1. The van der Waals surface area contributed by atoms with Gasteiger partial charge in [-0.25, -0.2) is 4.79 Å². The lowest BCUT2D eigenvalue weighted by Gasteiger charge is -2.36. The fourth-order valence-electron chi connectivity index (χ4n) is 5.64. The van der Waals surface area contributed by atoms with E-state index in [1.54, 1.807) is 13.8 Å². The lowest BCUT2D eigenvalue weighted by atomic mass is 9.89. The maximum atomic E-state index is 13.2. The molecule has 32 heavy (non-hydrogen) atoms. The van der Waals surface area contributed by atoms with Crippen molar-refractivity contribution in [1.82, 2.24) is 15.5 Å². The third-order valence-electron chi connectivity index (χ3n) is 7.47. The van der Waals surface area contributed by atoms with Gasteiger partial charge in [-0.3, -0.25) is 15.5 Å². The van der Waals surface area contributed by atoms with Gasteiger partial charge in [0.2, 0.25) is 0 Å². The van der Waals surface area contributed by atoms with Crippen molar-refractivity contribution in [2.24, 2.45) is 11.5 Å². The molecule has 3 aliphatic heterocycles. The maximum absolute atomic E-state index is 13.2. The van der Waals surface area contributed by atoms with Crippen LogP contribution in [0.1, 0.15) is 56.3 Å². The second-order valence-corrected chi connectivity index (χ2v) is 9.89. The van der Waals surface area contributed by atoms with Crippen molar-refractivity contribution in [2.75, 3.05) is 0 Å². The third kappa shape index (κ3) is 3.49. The number of carbonyl (C=O) groups excluding carboxylic acids is 1. The van der Waals surface area contributed by atoms with E-state index < -0.39 is 11.8 Å². The highest BCUT2D eigenvalue weighted by molar-refractivity contribution is 5.70. The van der Waals surface area contributed by atoms with Crippen molar-refractivity contribution in [3.63, 3.8) is 0 Å². The van der Waals surface area contributed by atoms with E-state index in [1.165, 1.54) is 11.1 Å². The molecule has 1 spiro atoms. The first-order chi connectivity index (χ1) is 15.3. The second-order valence-electron chi connectivity index (χ2n) is 9.89. The van der Waals surface area contributed by atoms with Crippen LogP contribution >= 0.6 is 0 Å². The molecule has 2 aromatic carbocycles. The predicted octanol–water partition coefficient (Wildman–Crippen LogP) is 2.75. The number of carbonyl (C=O) groups is 1. The van der Waals surface area contributed by atoms with Crippen LogP contribution in [0.2, 0.25) is 0 Å². The number of nitrogens with two attached hydrogens (primary N) is 2. The van der Waals surface area contributed by atoms with Crippen LogP contribution in [-0.2, 0) is 4.74 Å². The van der Waals surface area contributed by atoms with Crippen LogP contribution in [0.5, 0.6) is 0 Å². The van der Waals surface area contributed by atoms with Gasteiger partial charge in [0.1, 0.15) is 5.60 Å². The van der Waals surface area contributed by atoms with Gasteiger partial charge in [0.25, 0.3) is 0 Å². The lowest BCUT2D eigenvalue weighted by molar-refractivity contribution is -0.00590. The number of nitrogens with one attached hydrogen (secondary N) is 2. The summed E-state index contributed by atoms with van der Waals surface area (Å²) in [5.74, 6) is 0. The highest BCUT2D eigenvalue weighted by Gasteiger charge is 2.62. The van der Waals surface area contributed by atoms with Gasteiger partial charge in [-0.15, -0.1) is 0 Å². The van der Waals surface area contributed by atoms with E-state index in [1.807, 2.05) is 17.0 Å². The van der Waals surface area contributed by atoms with E-state index in [0.29, 0.717) is 0 Å². The van der Waals surface area contributed by atoms with Crippen molar-refractivity contribution in [3.05, 3.63) is 71.8 Å². The summed E-state index contributed by atoms with van der Waals surface area (Å²) >= 11 is 0. The van der Waals surface area contributed by atoms with E-state index in [9.17, 15) is 4.79 Å². The standard InChI is InChI=1S/C25H33N5O2/c1-24(2,22(26)27)32-23(31)30-18-13-14-19(30)25(15-18)28-20(16-9-5-3-6-10-16)21(29-25)17-11-7-4-8-12-17/h3-12,18-22,28-29H,13-15,26-27H2,1-2H3. The second kappa shape index (κ2) is 7.85. The van der Waals surface area contributed by atoms with E-state index in [-0.39, 0.29) is 35.9 Å². The molecule has 0 aromatic heterocycles. The van der Waals surface area contributed by atoms with Gasteiger partial charge in [0, 0.05) is 12.5 Å². The highest BCUT2D eigenvalue weighted by atomic mass is 16.6. The number of amides is 1. The van der Waals surface area contributed by atoms with Crippen LogP contribution < -0.4 is 22.1 Å². The Bertz CT molecular complexity index is 917. The van der Waals surface area contributed by atoms with E-state index >= 15 is 0 Å². The first-order valence-electron chi connectivity index (χ1n) is 11.5. The van der Waals surface area contributed by atoms with Gasteiger partial charge < -0.3 is 16.2 Å². The first-order valence-corrected chi connectivity index (χ1v) is 11.5. The molecule has 3 heterocycles. The zero-order valence-corrected chi connectivity index (χ0v) is 18.7. The van der Waals surface area contributed by atoms with Crippen molar-refractivity contribution >= 4 is 6.09 Å². The summed E-state index contributed by atoms with van der Waals surface area (Å²) in [6.07, 6.45) is 1.68. The molecule has 3 saturated heterocycles. The maximum Gasteiger partial charge on any atom is 0.411 e. The number of ether oxygens (including phenoxy) is 1. The van der Waals surface area contributed by atoms with Crippen LogP contribution in [0.15, 0.2) is 60.7 Å². The van der Waals surface area contributed by atoms with Crippen LogP contribution in [0.3, 0.4) is 0 Å². The quantitative estimate of drug-likeness (QED) is 0.551. The molecule has 4 unspecified atom stereocenters. The lowest BCUT2D eigenvalue weighted by Crippen LogP contribution is -2.59. The zero-order chi connectivity index (χ0) is 22.5. The number of rotatable bonds is 4. The SMILES string of the molecule is CC(C)(OC(=O)N1C2CCC1C1(C2)NC(c2ccccc2)C(c2ccccc2)N1)C(N)N. The molecule has 170 valence electrons. The summed E-state index contributed by atoms with van der Waals surface area (Å²) in [6, 6.07) is 21.4. The Hall–Kier alpha value is -2.45. The molecular weight excluding hydrogens is 402 g/mol. The van der Waals surface area contributed by atoms with Crippen molar-refractivity contribution < 1.29 is 9.53 Å². The molecule has 7 heteroatoms. The fraction of sp³-hybridized carbons (Fsp3) is 0.480. The Kier molecular flexibility index (Phi) is 5.25. The predicted molar refractivity (Wildman–Crippen MR) is 123 cm³/mol. The Morgan fingerprint density at radius 3 is 2.03 bits per heavy atom. The Balaban J connectivity index is 1.45. The molecule has 0 aliphatic carbocycles. The minimum absolute atomic E-state index is 0.00437. The van der Waals surface area contributed by atoms with Gasteiger partial charge >= 0.3 is 6.09 Å². The number of hydrogen-bond acceptors (Lipinski definition) is 6. The Labute approximate surface area is 189 Å². The summed E-state index contributed by atoms with van der Waals surface area (Å²) < 4.78 is 5.77. The summed E-state index contributed by atoms with van der Waals surface area (Å²) in [5.41, 5.74) is 12.9. The normalized spacial score (nSPS) is 31.6. The largest absolute Gasteiger partial charge is 0.440 e. The van der Waals surface area contributed by atoms with Crippen molar-refractivity contribution in [3.8, 4) is 0 Å². The molecule has 6 N–H and O–H groups in total. The smallest absolute Gasteiger partial charge is 0.411 e. The van der Waals surface area contributed by atoms with Gasteiger partial charge in [0.05, 0.1) is 30.0 Å². The minimum atomic E-state index is -0.929. The van der Waals surface area contributed by atoms with Crippen LogP contribution in [0, 0.1) is 0 Å². The average Bonchev–Trinajstić information content (AvgIpc) is 3.45. The van der Waals surface area contributed by atoms with Crippen LogP contribution in [-0.4, -0.2) is 40.5 Å². The number of fused-ring (bicyclic) bond motifs is 3. The van der Waals surface area contributed by atoms with Gasteiger partial charge in [-0.2, -0.15) is 0 Å². The van der Waals surface area contributed by atoms with Gasteiger partial charge in [0.15, 0.2) is 0 Å².